The van der Waals surface area contributed by atoms with Gasteiger partial charge < -0.3 is 20.3 Å². The fourth-order valence-electron chi connectivity index (χ4n) is 2.30. The fourth-order valence-corrected chi connectivity index (χ4v) is 2.30. The van der Waals surface area contributed by atoms with Crippen LogP contribution in [0.3, 0.4) is 0 Å². The van der Waals surface area contributed by atoms with Crippen LogP contribution in [0.5, 0.6) is 0 Å². The number of aliphatic hydroxyl groups excluding tert-OH is 2. The number of hydrogen-bond donors (Lipinski definition) is 3. The smallest absolute Gasteiger partial charge is 0.219 e. The van der Waals surface area contributed by atoms with Crippen molar-refractivity contribution in [1.82, 2.24) is 10.2 Å². The molecule has 1 atom stereocenters. The zero-order chi connectivity index (χ0) is 17.3. The minimum atomic E-state index is 0.0832. The van der Waals surface area contributed by atoms with Gasteiger partial charge in [-0.2, -0.15) is 0 Å². The second-order valence-corrected chi connectivity index (χ2v) is 5.92. The molecule has 0 radical (unpaired) electrons. The van der Waals surface area contributed by atoms with E-state index in [0.29, 0.717) is 39.2 Å². The molecule has 0 saturated heterocycles. The second-order valence-electron chi connectivity index (χ2n) is 5.92. The summed E-state index contributed by atoms with van der Waals surface area (Å²) in [4.78, 5) is 13.6. The number of ether oxygens (including phenoxy) is 1. The van der Waals surface area contributed by atoms with Crippen molar-refractivity contribution in [3.8, 4) is 0 Å². The third kappa shape index (κ3) is 14.6. The van der Waals surface area contributed by atoms with Crippen LogP contribution in [0.4, 0.5) is 0 Å². The Kier molecular flexibility index (Phi) is 15.7. The van der Waals surface area contributed by atoms with Crippen LogP contribution in [-0.4, -0.2) is 73.1 Å². The molecular weight excluding hydrogens is 296 g/mol. The van der Waals surface area contributed by atoms with Crippen LogP contribution >= 0.6 is 0 Å². The first-order valence-corrected chi connectivity index (χ1v) is 8.96. The van der Waals surface area contributed by atoms with Gasteiger partial charge in [-0.15, -0.1) is 0 Å². The summed E-state index contributed by atoms with van der Waals surface area (Å²) < 4.78 is 5.70. The Bertz CT molecular complexity index is 271. The largest absolute Gasteiger partial charge is 0.395 e. The van der Waals surface area contributed by atoms with Crippen LogP contribution in [0.25, 0.3) is 0 Å². The summed E-state index contributed by atoms with van der Waals surface area (Å²) in [5, 5.41) is 20.8. The van der Waals surface area contributed by atoms with Crippen molar-refractivity contribution < 1.29 is 19.7 Å². The molecule has 0 aromatic carbocycles. The first-order chi connectivity index (χ1) is 11.1. The van der Waals surface area contributed by atoms with Gasteiger partial charge in [0, 0.05) is 32.6 Å². The maximum absolute atomic E-state index is 11.6. The molecule has 0 saturated carbocycles. The molecule has 6 nitrogen and oxygen atoms in total. The molecule has 0 aliphatic heterocycles. The maximum Gasteiger partial charge on any atom is 0.219 e. The molecule has 23 heavy (non-hydrogen) atoms. The molecule has 0 heterocycles. The third-order valence-corrected chi connectivity index (χ3v) is 3.77. The molecule has 0 aliphatic carbocycles. The van der Waals surface area contributed by atoms with Crippen molar-refractivity contribution in [2.45, 2.75) is 58.5 Å². The van der Waals surface area contributed by atoms with Gasteiger partial charge in [0.1, 0.15) is 0 Å². The predicted molar refractivity (Wildman–Crippen MR) is 92.4 cm³/mol. The molecule has 1 amide bonds. The predicted octanol–water partition coefficient (Wildman–Crippen LogP) is 1.15. The number of amides is 1. The number of unbranched alkanes of at least 4 members (excludes halogenated alkanes) is 3. The van der Waals surface area contributed by atoms with Crippen molar-refractivity contribution in [3.05, 3.63) is 0 Å². The van der Waals surface area contributed by atoms with Crippen LogP contribution in [0.1, 0.15) is 52.4 Å². The summed E-state index contributed by atoms with van der Waals surface area (Å²) in [5.74, 6) is 0.130. The van der Waals surface area contributed by atoms with E-state index in [-0.39, 0.29) is 25.2 Å². The molecule has 0 aliphatic rings. The number of nitrogens with zero attached hydrogens (tertiary/aromatic N) is 1. The van der Waals surface area contributed by atoms with E-state index in [1.54, 1.807) is 0 Å². The van der Waals surface area contributed by atoms with Gasteiger partial charge in [0.15, 0.2) is 0 Å². The van der Waals surface area contributed by atoms with E-state index >= 15 is 0 Å². The highest BCUT2D eigenvalue weighted by Crippen LogP contribution is 2.02. The molecule has 6 heteroatoms. The standard InChI is InChI=1S/C17H36N2O4/c1-3-4-5-6-7-17(22)18-9-8-16(2)23-15-12-19(10-13-20)11-14-21/h16,20-21H,3-15H2,1-2H3,(H,18,22). The number of carbonyl (C=O) groups excluding carboxylic acids is 1. The average molecular weight is 332 g/mol. The van der Waals surface area contributed by atoms with Crippen molar-refractivity contribution in [3.63, 3.8) is 0 Å². The molecule has 0 bridgehead atoms. The SMILES string of the molecule is CCCCCCC(=O)NCCC(C)OCCN(CCO)CCO. The van der Waals surface area contributed by atoms with Gasteiger partial charge >= 0.3 is 0 Å². The number of aliphatic hydroxyl groups is 2. The Balaban J connectivity index is 3.58. The van der Waals surface area contributed by atoms with Crippen LogP contribution in [-0.2, 0) is 9.53 Å². The molecule has 3 N–H and O–H groups in total. The van der Waals surface area contributed by atoms with Crippen LogP contribution in [0.15, 0.2) is 0 Å². The average Bonchev–Trinajstić information content (AvgIpc) is 2.52. The Morgan fingerprint density at radius 2 is 1.83 bits per heavy atom. The van der Waals surface area contributed by atoms with E-state index in [1.165, 1.54) is 12.8 Å². The maximum atomic E-state index is 11.6. The Morgan fingerprint density at radius 1 is 1.13 bits per heavy atom. The zero-order valence-electron chi connectivity index (χ0n) is 14.9. The lowest BCUT2D eigenvalue weighted by atomic mass is 10.1. The quantitative estimate of drug-likeness (QED) is 0.370. The molecule has 138 valence electrons. The Labute approximate surface area is 141 Å². The van der Waals surface area contributed by atoms with Crippen molar-refractivity contribution >= 4 is 5.91 Å². The van der Waals surface area contributed by atoms with Crippen LogP contribution in [0.2, 0.25) is 0 Å². The highest BCUT2D eigenvalue weighted by atomic mass is 16.5. The summed E-state index contributed by atoms with van der Waals surface area (Å²) in [7, 11) is 0. The first-order valence-electron chi connectivity index (χ1n) is 8.96. The van der Waals surface area contributed by atoms with Crippen LogP contribution < -0.4 is 5.32 Å². The van der Waals surface area contributed by atoms with Gasteiger partial charge in [-0.25, -0.2) is 0 Å². The van der Waals surface area contributed by atoms with E-state index in [0.717, 1.165) is 19.3 Å². The first kappa shape index (κ1) is 22.3. The highest BCUT2D eigenvalue weighted by Gasteiger charge is 2.07. The van der Waals surface area contributed by atoms with E-state index in [4.69, 9.17) is 14.9 Å². The van der Waals surface area contributed by atoms with E-state index in [2.05, 4.69) is 12.2 Å². The number of nitrogens with one attached hydrogen (secondary N) is 1. The fraction of sp³-hybridized carbons (Fsp3) is 0.941. The van der Waals surface area contributed by atoms with E-state index in [9.17, 15) is 4.79 Å². The normalized spacial score (nSPS) is 12.6. The summed E-state index contributed by atoms with van der Waals surface area (Å²) >= 11 is 0. The Morgan fingerprint density at radius 3 is 2.43 bits per heavy atom. The van der Waals surface area contributed by atoms with Gasteiger partial charge in [-0.05, 0) is 19.8 Å². The van der Waals surface area contributed by atoms with Crippen molar-refractivity contribution in [2.24, 2.45) is 0 Å². The van der Waals surface area contributed by atoms with Gasteiger partial charge in [0.25, 0.3) is 0 Å². The summed E-state index contributed by atoms with van der Waals surface area (Å²) in [6.45, 7) is 7.31. The topological polar surface area (TPSA) is 82.0 Å². The van der Waals surface area contributed by atoms with Crippen molar-refractivity contribution in [1.29, 1.82) is 0 Å². The van der Waals surface area contributed by atoms with Gasteiger partial charge in [-0.1, -0.05) is 26.2 Å². The zero-order valence-corrected chi connectivity index (χ0v) is 14.9. The lowest BCUT2D eigenvalue weighted by Gasteiger charge is -2.21. The summed E-state index contributed by atoms with van der Waals surface area (Å²) in [5.41, 5.74) is 0. The minimum absolute atomic E-state index is 0.0832. The minimum Gasteiger partial charge on any atom is -0.395 e. The molecular formula is C17H36N2O4. The summed E-state index contributed by atoms with van der Waals surface area (Å²) in [6, 6.07) is 0. The summed E-state index contributed by atoms with van der Waals surface area (Å²) in [6.07, 6.45) is 5.97. The lowest BCUT2D eigenvalue weighted by Crippen LogP contribution is -2.34. The molecule has 0 fully saturated rings. The number of rotatable bonds is 16. The lowest BCUT2D eigenvalue weighted by molar-refractivity contribution is -0.121. The molecule has 0 rings (SSSR count). The Hall–Kier alpha value is -0.690. The number of carbonyl (C=O) groups is 1. The molecule has 1 unspecified atom stereocenters. The van der Waals surface area contributed by atoms with Gasteiger partial charge in [0.2, 0.25) is 5.91 Å². The second kappa shape index (κ2) is 16.2. The van der Waals surface area contributed by atoms with Crippen LogP contribution in [0, 0.1) is 0 Å². The third-order valence-electron chi connectivity index (χ3n) is 3.77. The van der Waals surface area contributed by atoms with Gasteiger partial charge in [-0.3, -0.25) is 9.69 Å². The molecule has 0 aromatic heterocycles. The monoisotopic (exact) mass is 332 g/mol. The van der Waals surface area contributed by atoms with E-state index in [1.807, 2.05) is 11.8 Å². The molecule has 0 spiro atoms. The molecule has 0 aromatic rings. The van der Waals surface area contributed by atoms with Crippen molar-refractivity contribution in [2.75, 3.05) is 46.0 Å². The van der Waals surface area contributed by atoms with Gasteiger partial charge in [0.05, 0.1) is 25.9 Å². The number of hydrogen-bond acceptors (Lipinski definition) is 5. The highest BCUT2D eigenvalue weighted by molar-refractivity contribution is 5.75. The van der Waals surface area contributed by atoms with E-state index < -0.39 is 0 Å².